The molecule has 0 spiro atoms. The lowest BCUT2D eigenvalue weighted by atomic mass is 9.75. The molecule has 0 bridgehead atoms. The van der Waals surface area contributed by atoms with Gasteiger partial charge in [0, 0.05) is 34.3 Å². The molecule has 0 radical (unpaired) electrons. The largest absolute Gasteiger partial charge is 0.377 e. The summed E-state index contributed by atoms with van der Waals surface area (Å²) in [5.74, 6) is 1.01. The summed E-state index contributed by atoms with van der Waals surface area (Å²) in [5.41, 5.74) is 4.63. The molecule has 2 aliphatic rings. The Bertz CT molecular complexity index is 907. The number of anilines is 1. The van der Waals surface area contributed by atoms with Crippen molar-refractivity contribution >= 4 is 23.0 Å². The third-order valence-electron chi connectivity index (χ3n) is 5.58. The molecule has 0 saturated carbocycles. The third-order valence-corrected chi connectivity index (χ3v) is 5.92. The summed E-state index contributed by atoms with van der Waals surface area (Å²) in [6.45, 7) is 4.37. The lowest BCUT2D eigenvalue weighted by Gasteiger charge is -2.39. The van der Waals surface area contributed by atoms with Gasteiger partial charge in [0.1, 0.15) is 0 Å². The van der Waals surface area contributed by atoms with Gasteiger partial charge < -0.3 is 5.32 Å². The smallest absolute Gasteiger partial charge is 0.269 e. The van der Waals surface area contributed by atoms with Crippen LogP contribution in [0, 0.1) is 16.0 Å². The van der Waals surface area contributed by atoms with Gasteiger partial charge in [-0.05, 0) is 35.4 Å². The molecule has 0 saturated heterocycles. The van der Waals surface area contributed by atoms with Crippen molar-refractivity contribution in [3.63, 3.8) is 0 Å². The summed E-state index contributed by atoms with van der Waals surface area (Å²) in [6.07, 6.45) is 5.42. The van der Waals surface area contributed by atoms with Gasteiger partial charge in [0.15, 0.2) is 0 Å². The van der Waals surface area contributed by atoms with Crippen LogP contribution in [0.3, 0.4) is 0 Å². The molecular weight excluding hydrogens is 348 g/mol. The van der Waals surface area contributed by atoms with Crippen molar-refractivity contribution in [1.82, 2.24) is 0 Å². The number of hydrogen-bond donors (Lipinski definition) is 1. The monoisotopic (exact) mass is 368 g/mol. The molecule has 0 aromatic heterocycles. The number of allylic oxidation sites excluding steroid dienone is 2. The van der Waals surface area contributed by atoms with Crippen LogP contribution in [0.5, 0.6) is 0 Å². The molecule has 2 aromatic rings. The van der Waals surface area contributed by atoms with E-state index in [9.17, 15) is 10.1 Å². The Morgan fingerprint density at radius 2 is 2.04 bits per heavy atom. The number of halogens is 1. The molecule has 1 aliphatic carbocycles. The lowest BCUT2D eigenvalue weighted by Crippen LogP contribution is -2.30. The van der Waals surface area contributed by atoms with E-state index in [1.807, 2.05) is 0 Å². The predicted molar refractivity (Wildman–Crippen MR) is 105 cm³/mol. The molecule has 0 unspecified atom stereocenters. The van der Waals surface area contributed by atoms with E-state index in [1.54, 1.807) is 12.1 Å². The zero-order chi connectivity index (χ0) is 18.4. The quantitative estimate of drug-likeness (QED) is 0.398. The fourth-order valence-electron chi connectivity index (χ4n) is 4.32. The number of nitro groups is 1. The fourth-order valence-corrected chi connectivity index (χ4v) is 4.55. The highest BCUT2D eigenvalue weighted by molar-refractivity contribution is 6.31. The molecule has 26 heavy (non-hydrogen) atoms. The minimum absolute atomic E-state index is 0.0465. The average molecular weight is 369 g/mol. The number of rotatable bonds is 3. The molecule has 1 N–H and O–H groups in total. The molecule has 3 atom stereocenters. The highest BCUT2D eigenvalue weighted by atomic mass is 35.5. The molecule has 4 nitrogen and oxygen atoms in total. The topological polar surface area (TPSA) is 55.2 Å². The van der Waals surface area contributed by atoms with Gasteiger partial charge in [-0.15, -0.1) is 0 Å². The highest BCUT2D eigenvalue weighted by Crippen LogP contribution is 2.52. The Hall–Kier alpha value is -2.33. The molecule has 0 amide bonds. The number of hydrogen-bond acceptors (Lipinski definition) is 3. The fraction of sp³-hybridized carbons (Fsp3) is 0.333. The van der Waals surface area contributed by atoms with E-state index in [0.717, 1.165) is 17.7 Å². The second kappa shape index (κ2) is 6.44. The summed E-state index contributed by atoms with van der Waals surface area (Å²) in [4.78, 5) is 10.9. The van der Waals surface area contributed by atoms with E-state index in [-0.39, 0.29) is 16.7 Å². The Morgan fingerprint density at radius 1 is 1.23 bits per heavy atom. The number of benzene rings is 2. The van der Waals surface area contributed by atoms with Crippen molar-refractivity contribution in [3.05, 3.63) is 80.4 Å². The minimum Gasteiger partial charge on any atom is -0.377 e. The predicted octanol–water partition coefficient (Wildman–Crippen LogP) is 6.20. The zero-order valence-corrected chi connectivity index (χ0v) is 15.5. The van der Waals surface area contributed by atoms with Crippen LogP contribution in [0.25, 0.3) is 0 Å². The van der Waals surface area contributed by atoms with Gasteiger partial charge in [-0.3, -0.25) is 10.1 Å². The van der Waals surface area contributed by atoms with Crippen LogP contribution >= 0.6 is 11.6 Å². The van der Waals surface area contributed by atoms with Gasteiger partial charge in [0.2, 0.25) is 0 Å². The molecule has 134 valence electrons. The van der Waals surface area contributed by atoms with Gasteiger partial charge >= 0.3 is 0 Å². The van der Waals surface area contributed by atoms with Crippen molar-refractivity contribution in [2.75, 3.05) is 5.32 Å². The molecule has 2 aromatic carbocycles. The Balaban J connectivity index is 1.85. The van der Waals surface area contributed by atoms with E-state index in [1.165, 1.54) is 17.2 Å². The van der Waals surface area contributed by atoms with E-state index in [0.29, 0.717) is 22.8 Å². The van der Waals surface area contributed by atoms with Gasteiger partial charge in [-0.25, -0.2) is 0 Å². The molecular formula is C21H21ClN2O2. The molecule has 1 aliphatic heterocycles. The van der Waals surface area contributed by atoms with Crippen LogP contribution in [0.4, 0.5) is 11.4 Å². The Kier molecular flexibility index (Phi) is 4.23. The molecule has 0 fully saturated rings. The van der Waals surface area contributed by atoms with Gasteiger partial charge in [-0.2, -0.15) is 0 Å². The summed E-state index contributed by atoms with van der Waals surface area (Å²) in [5, 5.41) is 15.5. The van der Waals surface area contributed by atoms with E-state index in [4.69, 9.17) is 11.6 Å². The molecule has 4 rings (SSSR count). The number of fused-ring (bicyclic) bond motifs is 3. The first-order valence-electron chi connectivity index (χ1n) is 8.97. The summed E-state index contributed by atoms with van der Waals surface area (Å²) >= 11 is 6.47. The van der Waals surface area contributed by atoms with Gasteiger partial charge in [-0.1, -0.05) is 55.8 Å². The molecule has 5 heteroatoms. The first-order valence-corrected chi connectivity index (χ1v) is 9.35. The second-order valence-corrected chi connectivity index (χ2v) is 7.81. The van der Waals surface area contributed by atoms with Crippen LogP contribution < -0.4 is 5.32 Å². The van der Waals surface area contributed by atoms with Crippen molar-refractivity contribution in [2.24, 2.45) is 5.92 Å². The van der Waals surface area contributed by atoms with Crippen molar-refractivity contribution in [2.45, 2.75) is 38.1 Å². The zero-order valence-electron chi connectivity index (χ0n) is 14.8. The maximum absolute atomic E-state index is 11.2. The average Bonchev–Trinajstić information content (AvgIpc) is 3.10. The summed E-state index contributed by atoms with van der Waals surface area (Å²) in [6, 6.07) is 11.1. The third kappa shape index (κ3) is 2.69. The maximum atomic E-state index is 11.2. The number of non-ortho nitro benzene ring substituents is 1. The van der Waals surface area contributed by atoms with Crippen LogP contribution in [-0.4, -0.2) is 4.92 Å². The first kappa shape index (κ1) is 17.1. The van der Waals surface area contributed by atoms with Gasteiger partial charge in [0.25, 0.3) is 5.69 Å². The van der Waals surface area contributed by atoms with Crippen LogP contribution in [0.15, 0.2) is 48.6 Å². The summed E-state index contributed by atoms with van der Waals surface area (Å²) < 4.78 is 0. The van der Waals surface area contributed by atoms with Crippen molar-refractivity contribution in [1.29, 1.82) is 0 Å². The van der Waals surface area contributed by atoms with Crippen molar-refractivity contribution < 1.29 is 4.92 Å². The standard InChI is InChI=1S/C21H21ClN2O2/c1-12(2)14-5-3-7-16-15-6-4-8-17(15)21(23-20(14)16)18-11-13(24(25)26)9-10-19(18)22/h3-7,9-12,15,17,21,23H,8H2,1-2H3/t15-,17+,21+/m1/s1. The first-order chi connectivity index (χ1) is 12.5. The van der Waals surface area contributed by atoms with Crippen LogP contribution in [-0.2, 0) is 0 Å². The molecule has 1 heterocycles. The number of para-hydroxylation sites is 1. The number of nitrogens with zero attached hydrogens (tertiary/aromatic N) is 1. The SMILES string of the molecule is CC(C)c1cccc2c1N[C@H](c1cc([N+](=O)[O-])ccc1Cl)[C@H]1CC=C[C@H]21. The van der Waals surface area contributed by atoms with Crippen molar-refractivity contribution in [3.8, 4) is 0 Å². The van der Waals surface area contributed by atoms with Crippen LogP contribution in [0.2, 0.25) is 5.02 Å². The minimum atomic E-state index is -0.361. The van der Waals surface area contributed by atoms with E-state index < -0.39 is 0 Å². The van der Waals surface area contributed by atoms with Crippen LogP contribution in [0.1, 0.15) is 54.8 Å². The number of nitrogens with one attached hydrogen (secondary N) is 1. The van der Waals surface area contributed by atoms with Gasteiger partial charge in [0.05, 0.1) is 11.0 Å². The summed E-state index contributed by atoms with van der Waals surface area (Å²) in [7, 11) is 0. The number of nitro benzene ring substituents is 1. The van der Waals surface area contributed by atoms with E-state index in [2.05, 4.69) is 49.5 Å². The van der Waals surface area contributed by atoms with E-state index >= 15 is 0 Å². The normalized spacial score (nSPS) is 23.5. The Labute approximate surface area is 158 Å². The highest BCUT2D eigenvalue weighted by Gasteiger charge is 2.39. The lowest BCUT2D eigenvalue weighted by molar-refractivity contribution is -0.384. The Morgan fingerprint density at radius 3 is 2.77 bits per heavy atom. The second-order valence-electron chi connectivity index (χ2n) is 7.40. The maximum Gasteiger partial charge on any atom is 0.269 e.